The summed E-state index contributed by atoms with van der Waals surface area (Å²) in [6.07, 6.45) is 0.762. The van der Waals surface area contributed by atoms with Crippen molar-refractivity contribution in [2.75, 3.05) is 0 Å². The van der Waals surface area contributed by atoms with Crippen LogP contribution in [0.25, 0.3) is 21.5 Å². The number of fused-ring (bicyclic) bond motifs is 4. The number of ether oxygens (including phenoxy) is 2. The molecule has 1 aliphatic rings. The molecule has 1 unspecified atom stereocenters. The molecule has 0 radical (unpaired) electrons. The molecule has 5 rings (SSSR count). The lowest BCUT2D eigenvalue weighted by atomic mass is 9.70. The van der Waals surface area contributed by atoms with Crippen LogP contribution in [0.15, 0.2) is 72.8 Å². The molecule has 0 aliphatic carbocycles. The summed E-state index contributed by atoms with van der Waals surface area (Å²) in [4.78, 5) is 12.0. The Hall–Kier alpha value is -3.33. The summed E-state index contributed by atoms with van der Waals surface area (Å²) in [6.45, 7) is 8.07. The Morgan fingerprint density at radius 3 is 2.06 bits per heavy atom. The van der Waals surface area contributed by atoms with Crippen molar-refractivity contribution in [1.29, 1.82) is 0 Å². The first-order chi connectivity index (χ1) is 14.8. The van der Waals surface area contributed by atoms with Crippen molar-refractivity contribution in [2.24, 2.45) is 0 Å². The summed E-state index contributed by atoms with van der Waals surface area (Å²) in [5.74, 6) is 1.17. The highest BCUT2D eigenvalue weighted by Crippen LogP contribution is 2.53. The van der Waals surface area contributed by atoms with E-state index in [9.17, 15) is 4.79 Å². The fourth-order valence-corrected chi connectivity index (χ4v) is 5.15. The second kappa shape index (κ2) is 6.84. The number of rotatable bonds is 2. The normalized spacial score (nSPS) is 19.6. The van der Waals surface area contributed by atoms with Gasteiger partial charge in [0.15, 0.2) is 0 Å². The first-order valence-electron chi connectivity index (χ1n) is 10.7. The molecule has 3 nitrogen and oxygen atoms in total. The fourth-order valence-electron chi connectivity index (χ4n) is 5.15. The van der Waals surface area contributed by atoms with Gasteiger partial charge in [-0.15, -0.1) is 0 Å². The number of carbonyl (C=O) groups is 1. The molecule has 156 valence electrons. The second-order valence-corrected chi connectivity index (χ2v) is 9.31. The van der Waals surface area contributed by atoms with Crippen LogP contribution < -0.4 is 9.47 Å². The van der Waals surface area contributed by atoms with E-state index in [-0.39, 0.29) is 11.4 Å². The van der Waals surface area contributed by atoms with Gasteiger partial charge in [-0.1, -0.05) is 86.6 Å². The zero-order valence-corrected chi connectivity index (χ0v) is 18.4. The molecule has 0 amide bonds. The zero-order valence-electron chi connectivity index (χ0n) is 18.4. The smallest absolute Gasteiger partial charge is 0.308 e. The molecular weight excluding hydrogens is 384 g/mol. The van der Waals surface area contributed by atoms with Crippen molar-refractivity contribution in [1.82, 2.24) is 0 Å². The van der Waals surface area contributed by atoms with E-state index >= 15 is 0 Å². The standard InChI is InChI=1S/C28H26O3/c1-18(29)30-25-21-11-7-5-9-19(21)14-16-24(25)28(4)17-27(2,3)23-15-13-20-10-6-8-12-22(20)26(23)31-28/h5-16H,17H2,1-4H3. The van der Waals surface area contributed by atoms with E-state index in [1.807, 2.05) is 42.5 Å². The highest BCUT2D eigenvalue weighted by molar-refractivity contribution is 5.93. The predicted octanol–water partition coefficient (Wildman–Crippen LogP) is 6.89. The van der Waals surface area contributed by atoms with E-state index in [2.05, 4.69) is 51.1 Å². The third kappa shape index (κ3) is 3.16. The van der Waals surface area contributed by atoms with Crippen LogP contribution in [-0.4, -0.2) is 5.97 Å². The van der Waals surface area contributed by atoms with E-state index in [1.54, 1.807) is 0 Å². The van der Waals surface area contributed by atoms with Gasteiger partial charge in [0.05, 0.1) is 0 Å². The van der Waals surface area contributed by atoms with E-state index in [4.69, 9.17) is 9.47 Å². The molecule has 4 aromatic carbocycles. The maximum absolute atomic E-state index is 12.0. The molecule has 0 saturated carbocycles. The van der Waals surface area contributed by atoms with Crippen molar-refractivity contribution in [3.8, 4) is 11.5 Å². The van der Waals surface area contributed by atoms with Crippen LogP contribution in [0, 0.1) is 0 Å². The first kappa shape index (κ1) is 19.6. The van der Waals surface area contributed by atoms with Gasteiger partial charge >= 0.3 is 5.97 Å². The van der Waals surface area contributed by atoms with E-state index in [0.717, 1.165) is 39.3 Å². The number of hydrogen-bond donors (Lipinski definition) is 0. The monoisotopic (exact) mass is 410 g/mol. The number of hydrogen-bond acceptors (Lipinski definition) is 3. The minimum atomic E-state index is -0.657. The van der Waals surface area contributed by atoms with E-state index in [1.165, 1.54) is 12.5 Å². The largest absolute Gasteiger partial charge is 0.482 e. The van der Waals surface area contributed by atoms with Crippen LogP contribution in [0.2, 0.25) is 0 Å². The fraction of sp³-hybridized carbons (Fsp3) is 0.250. The van der Waals surface area contributed by atoms with Crippen molar-refractivity contribution in [2.45, 2.75) is 45.1 Å². The summed E-state index contributed by atoms with van der Waals surface area (Å²) in [5, 5.41) is 4.21. The van der Waals surface area contributed by atoms with Crippen molar-refractivity contribution >= 4 is 27.5 Å². The molecule has 1 heterocycles. The van der Waals surface area contributed by atoms with Crippen LogP contribution in [-0.2, 0) is 15.8 Å². The Bertz CT molecular complexity index is 1330. The Kier molecular flexibility index (Phi) is 4.33. The minimum absolute atomic E-state index is 0.120. The number of benzene rings is 4. The van der Waals surface area contributed by atoms with Crippen molar-refractivity contribution in [3.05, 3.63) is 83.9 Å². The molecule has 31 heavy (non-hydrogen) atoms. The third-order valence-corrected chi connectivity index (χ3v) is 6.41. The molecule has 0 saturated heterocycles. The summed E-state index contributed by atoms with van der Waals surface area (Å²) in [5.41, 5.74) is 1.33. The van der Waals surface area contributed by atoms with Gasteiger partial charge in [-0.05, 0) is 23.1 Å². The van der Waals surface area contributed by atoms with Gasteiger partial charge in [0.25, 0.3) is 0 Å². The van der Waals surface area contributed by atoms with Gasteiger partial charge in [0.1, 0.15) is 17.1 Å². The molecule has 4 aromatic rings. The summed E-state index contributed by atoms with van der Waals surface area (Å²) in [7, 11) is 0. The summed E-state index contributed by atoms with van der Waals surface area (Å²) < 4.78 is 12.6. The average Bonchev–Trinajstić information content (AvgIpc) is 2.72. The predicted molar refractivity (Wildman–Crippen MR) is 125 cm³/mol. The van der Waals surface area contributed by atoms with Gasteiger partial charge in [0, 0.05) is 35.2 Å². The molecule has 0 spiro atoms. The molecule has 0 fully saturated rings. The molecule has 1 aliphatic heterocycles. The summed E-state index contributed by atoms with van der Waals surface area (Å²) in [6, 6.07) is 24.8. The lowest BCUT2D eigenvalue weighted by Crippen LogP contribution is -2.42. The Labute approximate surface area is 182 Å². The highest BCUT2D eigenvalue weighted by atomic mass is 16.5. The van der Waals surface area contributed by atoms with E-state index < -0.39 is 5.60 Å². The van der Waals surface area contributed by atoms with Gasteiger partial charge in [-0.2, -0.15) is 0 Å². The highest BCUT2D eigenvalue weighted by Gasteiger charge is 2.45. The molecular formula is C28H26O3. The molecule has 3 heteroatoms. The van der Waals surface area contributed by atoms with Crippen LogP contribution in [0.1, 0.15) is 45.2 Å². The van der Waals surface area contributed by atoms with Gasteiger partial charge in [0.2, 0.25) is 0 Å². The van der Waals surface area contributed by atoms with Crippen LogP contribution in [0.4, 0.5) is 0 Å². The Balaban J connectivity index is 1.76. The SMILES string of the molecule is CC(=O)Oc1c(C2(C)CC(C)(C)c3ccc4ccccc4c3O2)ccc2ccccc12. The van der Waals surface area contributed by atoms with Crippen LogP contribution in [0.5, 0.6) is 11.5 Å². The van der Waals surface area contributed by atoms with E-state index in [0.29, 0.717) is 5.75 Å². The molecule has 0 bridgehead atoms. The van der Waals surface area contributed by atoms with Gasteiger partial charge in [-0.25, -0.2) is 0 Å². The zero-order chi connectivity index (χ0) is 21.8. The lowest BCUT2D eigenvalue weighted by molar-refractivity contribution is -0.131. The van der Waals surface area contributed by atoms with Crippen molar-refractivity contribution in [3.63, 3.8) is 0 Å². The quantitative estimate of drug-likeness (QED) is 0.266. The first-order valence-corrected chi connectivity index (χ1v) is 10.7. The Morgan fingerprint density at radius 1 is 0.806 bits per heavy atom. The number of carbonyl (C=O) groups excluding carboxylic acids is 1. The molecule has 0 N–H and O–H groups in total. The Morgan fingerprint density at radius 2 is 1.39 bits per heavy atom. The third-order valence-electron chi connectivity index (χ3n) is 6.41. The molecule has 1 atom stereocenters. The van der Waals surface area contributed by atoms with Gasteiger partial charge < -0.3 is 9.47 Å². The second-order valence-electron chi connectivity index (χ2n) is 9.31. The topological polar surface area (TPSA) is 35.5 Å². The van der Waals surface area contributed by atoms with Crippen molar-refractivity contribution < 1.29 is 14.3 Å². The maximum Gasteiger partial charge on any atom is 0.308 e. The van der Waals surface area contributed by atoms with Gasteiger partial charge in [-0.3, -0.25) is 4.79 Å². The average molecular weight is 411 g/mol. The molecule has 0 aromatic heterocycles. The number of esters is 1. The maximum atomic E-state index is 12.0. The summed E-state index contributed by atoms with van der Waals surface area (Å²) >= 11 is 0. The lowest BCUT2D eigenvalue weighted by Gasteiger charge is -2.45. The van der Waals surface area contributed by atoms with Crippen LogP contribution in [0.3, 0.4) is 0 Å². The minimum Gasteiger partial charge on any atom is -0.482 e. The van der Waals surface area contributed by atoms with Crippen LogP contribution >= 0.6 is 0 Å².